The summed E-state index contributed by atoms with van der Waals surface area (Å²) in [6.45, 7) is -0.242. The van der Waals surface area contributed by atoms with Gasteiger partial charge in [-0.15, -0.1) is 0 Å². The zero-order valence-corrected chi connectivity index (χ0v) is 16.6. The van der Waals surface area contributed by atoms with Crippen molar-refractivity contribution in [1.29, 1.82) is 0 Å². The summed E-state index contributed by atoms with van der Waals surface area (Å²) in [6.07, 6.45) is -5.81. The molecule has 8 heteroatoms. The van der Waals surface area contributed by atoms with Crippen molar-refractivity contribution in [2.24, 2.45) is 0 Å². The Hall–Kier alpha value is -3.36. The molecule has 1 heterocycles. The molecule has 2 atom stereocenters. The number of carboxylic acids is 1. The molecular formula is C24H19F3O5. The molecule has 0 aliphatic carbocycles. The highest BCUT2D eigenvalue weighted by Crippen LogP contribution is 2.42. The van der Waals surface area contributed by atoms with Crippen molar-refractivity contribution in [2.75, 3.05) is 6.61 Å². The third-order valence-electron chi connectivity index (χ3n) is 5.54. The minimum Gasteiger partial charge on any atom is -0.490 e. The number of fused-ring (bicyclic) bond motifs is 1. The van der Waals surface area contributed by atoms with Crippen molar-refractivity contribution in [3.63, 3.8) is 0 Å². The van der Waals surface area contributed by atoms with E-state index in [0.29, 0.717) is 0 Å². The summed E-state index contributed by atoms with van der Waals surface area (Å²) >= 11 is 0. The molecule has 32 heavy (non-hydrogen) atoms. The van der Waals surface area contributed by atoms with Gasteiger partial charge in [-0.3, -0.25) is 0 Å². The zero-order chi connectivity index (χ0) is 23.1. The van der Waals surface area contributed by atoms with E-state index in [4.69, 9.17) is 4.74 Å². The van der Waals surface area contributed by atoms with Gasteiger partial charge in [-0.05, 0) is 41.0 Å². The molecule has 0 aromatic heterocycles. The van der Waals surface area contributed by atoms with E-state index >= 15 is 0 Å². The van der Waals surface area contributed by atoms with E-state index in [2.05, 4.69) is 0 Å². The topological polar surface area (TPSA) is 87.0 Å². The molecule has 2 unspecified atom stereocenters. The Bertz CT molecular complexity index is 1160. The fourth-order valence-corrected chi connectivity index (χ4v) is 3.87. The van der Waals surface area contributed by atoms with Crippen LogP contribution >= 0.6 is 0 Å². The number of aliphatic hydroxyl groups is 2. The van der Waals surface area contributed by atoms with Gasteiger partial charge in [0.25, 0.3) is 0 Å². The van der Waals surface area contributed by atoms with Gasteiger partial charge in [0.1, 0.15) is 24.1 Å². The molecule has 3 aromatic carbocycles. The number of carbonyl (C=O) groups is 1. The number of rotatable bonds is 4. The molecule has 3 N–H and O–H groups in total. The molecule has 5 nitrogen and oxygen atoms in total. The zero-order valence-electron chi connectivity index (χ0n) is 16.6. The number of ether oxygens (including phenoxy) is 1. The molecule has 0 saturated carbocycles. The van der Waals surface area contributed by atoms with E-state index in [1.807, 2.05) is 30.3 Å². The third kappa shape index (κ3) is 4.06. The maximum atomic E-state index is 13.2. The summed E-state index contributed by atoms with van der Waals surface area (Å²) in [4.78, 5) is 11.6. The van der Waals surface area contributed by atoms with E-state index < -0.39 is 29.4 Å². The lowest BCUT2D eigenvalue weighted by Gasteiger charge is -2.38. The molecule has 0 bridgehead atoms. The first kappa shape index (κ1) is 21.9. The fraction of sp³-hybridized carbons (Fsp3) is 0.208. The molecule has 0 saturated heterocycles. The monoisotopic (exact) mass is 444 g/mol. The lowest BCUT2D eigenvalue weighted by Crippen LogP contribution is -2.47. The van der Waals surface area contributed by atoms with Gasteiger partial charge in [-0.25, -0.2) is 4.79 Å². The first-order valence-electron chi connectivity index (χ1n) is 9.74. The van der Waals surface area contributed by atoms with Crippen LogP contribution in [-0.2, 0) is 12.6 Å². The predicted octanol–water partition coefficient (Wildman–Crippen LogP) is 4.47. The van der Waals surface area contributed by atoms with Crippen molar-refractivity contribution in [3.05, 3.63) is 89.0 Å². The van der Waals surface area contributed by atoms with Crippen LogP contribution in [0.4, 0.5) is 13.2 Å². The van der Waals surface area contributed by atoms with Crippen LogP contribution in [0.1, 0.15) is 33.2 Å². The summed E-state index contributed by atoms with van der Waals surface area (Å²) in [7, 11) is 0. The minimum atomic E-state index is -4.64. The molecule has 0 fully saturated rings. The van der Waals surface area contributed by atoms with Gasteiger partial charge in [0.2, 0.25) is 0 Å². The average molecular weight is 444 g/mol. The Kier molecular flexibility index (Phi) is 5.44. The Balaban J connectivity index is 1.71. The van der Waals surface area contributed by atoms with Crippen LogP contribution in [0, 0.1) is 0 Å². The second-order valence-corrected chi connectivity index (χ2v) is 7.77. The molecule has 0 spiro atoms. The molecule has 3 aromatic rings. The van der Waals surface area contributed by atoms with E-state index in [1.54, 1.807) is 0 Å². The number of alkyl halides is 3. The number of benzene rings is 3. The van der Waals surface area contributed by atoms with Crippen molar-refractivity contribution in [2.45, 2.75) is 24.3 Å². The second-order valence-electron chi connectivity index (χ2n) is 7.77. The smallest absolute Gasteiger partial charge is 0.416 e. The standard InChI is InChI=1S/C24H19F3O5/c25-24(26,27)16-7-9-17(22(29)30)19(11-16)15-6-8-18-20(10-15)32-13-23(31,21(18)28)12-14-4-2-1-3-5-14/h1-11,21,28,31H,12-13H2,(H,29,30). The van der Waals surface area contributed by atoms with Crippen LogP contribution in [0.5, 0.6) is 5.75 Å². The maximum Gasteiger partial charge on any atom is 0.416 e. The van der Waals surface area contributed by atoms with E-state index in [0.717, 1.165) is 23.8 Å². The SMILES string of the molecule is O=C(O)c1ccc(C(F)(F)F)cc1-c1ccc2c(c1)OCC(O)(Cc1ccccc1)C2O. The highest BCUT2D eigenvalue weighted by Gasteiger charge is 2.43. The van der Waals surface area contributed by atoms with Crippen LogP contribution in [0.15, 0.2) is 66.7 Å². The number of carboxylic acid groups (broad SMARTS) is 1. The summed E-state index contributed by atoms with van der Waals surface area (Å²) in [5.74, 6) is -1.20. The molecule has 0 radical (unpaired) electrons. The molecule has 1 aliphatic rings. The van der Waals surface area contributed by atoms with Gasteiger partial charge in [-0.2, -0.15) is 13.2 Å². The number of hydrogen-bond acceptors (Lipinski definition) is 4. The number of aromatic carboxylic acids is 1. The first-order valence-corrected chi connectivity index (χ1v) is 9.74. The van der Waals surface area contributed by atoms with E-state index in [9.17, 15) is 33.3 Å². The Morgan fingerprint density at radius 3 is 2.44 bits per heavy atom. The highest BCUT2D eigenvalue weighted by molar-refractivity contribution is 5.96. The third-order valence-corrected chi connectivity index (χ3v) is 5.54. The Labute approximate surface area is 181 Å². The minimum absolute atomic E-state index is 0.127. The van der Waals surface area contributed by atoms with Gasteiger partial charge >= 0.3 is 12.1 Å². The number of hydrogen-bond donors (Lipinski definition) is 3. The number of halogens is 3. The van der Waals surface area contributed by atoms with E-state index in [1.165, 1.54) is 18.2 Å². The summed E-state index contributed by atoms with van der Waals surface area (Å²) < 4.78 is 45.2. The molecule has 1 aliphatic heterocycles. The van der Waals surface area contributed by atoms with Gasteiger partial charge < -0.3 is 20.1 Å². The van der Waals surface area contributed by atoms with Crippen molar-refractivity contribution in [1.82, 2.24) is 0 Å². The van der Waals surface area contributed by atoms with Gasteiger partial charge in [0.05, 0.1) is 11.1 Å². The average Bonchev–Trinajstić information content (AvgIpc) is 2.76. The lowest BCUT2D eigenvalue weighted by atomic mass is 9.83. The van der Waals surface area contributed by atoms with Crippen LogP contribution in [-0.4, -0.2) is 33.5 Å². The lowest BCUT2D eigenvalue weighted by molar-refractivity contribution is -0.137. The van der Waals surface area contributed by atoms with Crippen LogP contribution in [0.2, 0.25) is 0 Å². The Morgan fingerprint density at radius 2 is 1.78 bits per heavy atom. The Morgan fingerprint density at radius 1 is 1.06 bits per heavy atom. The van der Waals surface area contributed by atoms with Gasteiger partial charge in [-0.1, -0.05) is 42.5 Å². The van der Waals surface area contributed by atoms with Crippen LogP contribution in [0.25, 0.3) is 11.1 Å². The quantitative estimate of drug-likeness (QED) is 0.553. The fourth-order valence-electron chi connectivity index (χ4n) is 3.87. The van der Waals surface area contributed by atoms with Gasteiger partial charge in [0.15, 0.2) is 0 Å². The normalized spacial score (nSPS) is 20.3. The summed E-state index contributed by atoms with van der Waals surface area (Å²) in [6, 6.07) is 15.7. The maximum absolute atomic E-state index is 13.2. The van der Waals surface area contributed by atoms with Crippen LogP contribution < -0.4 is 4.74 Å². The van der Waals surface area contributed by atoms with E-state index in [-0.39, 0.29) is 41.0 Å². The second kappa shape index (κ2) is 7.96. The molecule has 0 amide bonds. The van der Waals surface area contributed by atoms with Crippen molar-refractivity contribution < 1.29 is 38.0 Å². The predicted molar refractivity (Wildman–Crippen MR) is 109 cm³/mol. The summed E-state index contributed by atoms with van der Waals surface area (Å²) in [5, 5.41) is 31.2. The van der Waals surface area contributed by atoms with Crippen molar-refractivity contribution in [3.8, 4) is 16.9 Å². The number of aliphatic hydroxyl groups excluding tert-OH is 1. The molecule has 4 rings (SSSR count). The van der Waals surface area contributed by atoms with Crippen molar-refractivity contribution >= 4 is 5.97 Å². The molecular weight excluding hydrogens is 425 g/mol. The first-order chi connectivity index (χ1) is 15.1. The highest BCUT2D eigenvalue weighted by atomic mass is 19.4. The summed E-state index contributed by atoms with van der Waals surface area (Å²) in [5.41, 5.74) is -1.75. The van der Waals surface area contributed by atoms with Crippen LogP contribution in [0.3, 0.4) is 0 Å². The largest absolute Gasteiger partial charge is 0.490 e. The molecule has 166 valence electrons. The van der Waals surface area contributed by atoms with Gasteiger partial charge in [0, 0.05) is 12.0 Å².